The van der Waals surface area contributed by atoms with Crippen LogP contribution in [0.4, 0.5) is 0 Å². The molecule has 1 amide bonds. The summed E-state index contributed by atoms with van der Waals surface area (Å²) >= 11 is 0. The second-order valence-electron chi connectivity index (χ2n) is 5.03. The summed E-state index contributed by atoms with van der Waals surface area (Å²) in [5.41, 5.74) is 5.44. The molecule has 5 heteroatoms. The summed E-state index contributed by atoms with van der Waals surface area (Å²) in [4.78, 5) is 11.4. The lowest BCUT2D eigenvalue weighted by atomic mass is 10.0. The molecule has 1 unspecified atom stereocenters. The van der Waals surface area contributed by atoms with E-state index in [1.165, 1.54) is 0 Å². The average Bonchev–Trinajstić information content (AvgIpc) is 2.62. The Balaban J connectivity index is 0.00000225. The Morgan fingerprint density at radius 3 is 2.75 bits per heavy atom. The lowest BCUT2D eigenvalue weighted by Crippen LogP contribution is -2.45. The van der Waals surface area contributed by atoms with Gasteiger partial charge in [0, 0.05) is 31.7 Å². The van der Waals surface area contributed by atoms with Crippen LogP contribution in [0.3, 0.4) is 0 Å². The molecule has 0 aromatic carbocycles. The van der Waals surface area contributed by atoms with E-state index in [-0.39, 0.29) is 23.9 Å². The largest absolute Gasteiger partial charge is 0.381 e. The molecule has 1 rings (SSSR count). The summed E-state index contributed by atoms with van der Waals surface area (Å²) < 4.78 is 5.25. The van der Waals surface area contributed by atoms with Gasteiger partial charge in [0.25, 0.3) is 0 Å². The normalized spacial score (nSPS) is 20.3. The first-order valence-corrected chi connectivity index (χ1v) is 5.61. The summed E-state index contributed by atoms with van der Waals surface area (Å²) in [6.07, 6.45) is 2.61. The van der Waals surface area contributed by atoms with Gasteiger partial charge in [0.05, 0.1) is 0 Å². The number of hydrogen-bond donors (Lipinski definition) is 2. The summed E-state index contributed by atoms with van der Waals surface area (Å²) in [5, 5.41) is 2.84. The van der Waals surface area contributed by atoms with Crippen molar-refractivity contribution >= 4 is 18.3 Å². The smallest absolute Gasteiger partial charge is 0.220 e. The van der Waals surface area contributed by atoms with Crippen LogP contribution in [0.1, 0.15) is 33.1 Å². The van der Waals surface area contributed by atoms with E-state index in [1.807, 2.05) is 13.8 Å². The third-order valence-corrected chi connectivity index (χ3v) is 2.54. The second kappa shape index (κ2) is 7.09. The fourth-order valence-electron chi connectivity index (χ4n) is 1.56. The van der Waals surface area contributed by atoms with Crippen LogP contribution < -0.4 is 11.1 Å². The Hall–Kier alpha value is -0.320. The molecule has 0 aromatic rings. The van der Waals surface area contributed by atoms with Gasteiger partial charge >= 0.3 is 0 Å². The minimum atomic E-state index is -0.327. The van der Waals surface area contributed by atoms with Crippen molar-refractivity contribution in [3.05, 3.63) is 0 Å². The molecular weight excluding hydrogens is 228 g/mol. The number of carbonyl (C=O) groups is 1. The van der Waals surface area contributed by atoms with Crippen molar-refractivity contribution < 1.29 is 9.53 Å². The molecule has 0 saturated carbocycles. The van der Waals surface area contributed by atoms with Gasteiger partial charge in [-0.1, -0.05) is 0 Å². The standard InChI is InChI=1S/C11H22N2O2.ClH/c1-11(2,12)8-13-10(14)4-3-9-5-6-15-7-9;/h9H,3-8,12H2,1-2H3,(H,13,14);1H. The van der Waals surface area contributed by atoms with Crippen LogP contribution >= 0.6 is 12.4 Å². The predicted octanol–water partition coefficient (Wildman–Crippen LogP) is 1.08. The van der Waals surface area contributed by atoms with Crippen molar-refractivity contribution in [1.29, 1.82) is 0 Å². The van der Waals surface area contributed by atoms with E-state index in [1.54, 1.807) is 0 Å². The van der Waals surface area contributed by atoms with E-state index in [2.05, 4.69) is 5.32 Å². The topological polar surface area (TPSA) is 64.3 Å². The molecule has 1 fully saturated rings. The van der Waals surface area contributed by atoms with Crippen molar-refractivity contribution in [3.8, 4) is 0 Å². The van der Waals surface area contributed by atoms with Gasteiger partial charge in [-0.2, -0.15) is 0 Å². The summed E-state index contributed by atoms with van der Waals surface area (Å²) in [6, 6.07) is 0. The Morgan fingerprint density at radius 2 is 2.25 bits per heavy atom. The van der Waals surface area contributed by atoms with Crippen LogP contribution in [-0.2, 0) is 9.53 Å². The number of hydrogen-bond acceptors (Lipinski definition) is 3. The molecule has 0 spiro atoms. The van der Waals surface area contributed by atoms with Gasteiger partial charge in [0.2, 0.25) is 5.91 Å². The Morgan fingerprint density at radius 1 is 1.56 bits per heavy atom. The number of nitrogens with one attached hydrogen (secondary N) is 1. The highest BCUT2D eigenvalue weighted by molar-refractivity contribution is 5.85. The predicted molar refractivity (Wildman–Crippen MR) is 66.7 cm³/mol. The molecule has 4 nitrogen and oxygen atoms in total. The molecule has 1 heterocycles. The highest BCUT2D eigenvalue weighted by atomic mass is 35.5. The van der Waals surface area contributed by atoms with Gasteiger partial charge in [-0.25, -0.2) is 0 Å². The number of rotatable bonds is 5. The molecule has 0 radical (unpaired) electrons. The van der Waals surface area contributed by atoms with Crippen LogP contribution in [0.25, 0.3) is 0 Å². The van der Waals surface area contributed by atoms with Crippen LogP contribution in [0.5, 0.6) is 0 Å². The van der Waals surface area contributed by atoms with Gasteiger partial charge in [-0.15, -0.1) is 12.4 Å². The minimum Gasteiger partial charge on any atom is -0.381 e. The van der Waals surface area contributed by atoms with Crippen LogP contribution in [-0.4, -0.2) is 31.2 Å². The molecule has 0 bridgehead atoms. The van der Waals surface area contributed by atoms with E-state index in [4.69, 9.17) is 10.5 Å². The molecule has 96 valence electrons. The van der Waals surface area contributed by atoms with Crippen LogP contribution in [0, 0.1) is 5.92 Å². The highest BCUT2D eigenvalue weighted by Gasteiger charge is 2.17. The van der Waals surface area contributed by atoms with E-state index < -0.39 is 0 Å². The second-order valence-corrected chi connectivity index (χ2v) is 5.03. The first-order valence-electron chi connectivity index (χ1n) is 5.61. The van der Waals surface area contributed by atoms with Crippen molar-refractivity contribution in [1.82, 2.24) is 5.32 Å². The van der Waals surface area contributed by atoms with Crippen molar-refractivity contribution in [2.45, 2.75) is 38.6 Å². The van der Waals surface area contributed by atoms with E-state index >= 15 is 0 Å². The monoisotopic (exact) mass is 250 g/mol. The van der Waals surface area contributed by atoms with Gasteiger partial charge in [0.1, 0.15) is 0 Å². The van der Waals surface area contributed by atoms with Gasteiger partial charge < -0.3 is 15.8 Å². The first kappa shape index (κ1) is 15.7. The van der Waals surface area contributed by atoms with Crippen molar-refractivity contribution in [3.63, 3.8) is 0 Å². The number of amides is 1. The molecule has 3 N–H and O–H groups in total. The molecule has 1 atom stereocenters. The first-order chi connectivity index (χ1) is 6.97. The molecular formula is C11H23ClN2O2. The average molecular weight is 251 g/mol. The Kier molecular flexibility index (Phi) is 6.95. The van der Waals surface area contributed by atoms with Crippen LogP contribution in [0.2, 0.25) is 0 Å². The highest BCUT2D eigenvalue weighted by Crippen LogP contribution is 2.17. The lowest BCUT2D eigenvalue weighted by Gasteiger charge is -2.19. The van der Waals surface area contributed by atoms with Crippen LogP contribution in [0.15, 0.2) is 0 Å². The molecule has 16 heavy (non-hydrogen) atoms. The number of nitrogens with two attached hydrogens (primary N) is 1. The molecule has 1 saturated heterocycles. The van der Waals surface area contributed by atoms with E-state index in [0.717, 1.165) is 26.1 Å². The number of carbonyl (C=O) groups excluding carboxylic acids is 1. The van der Waals surface area contributed by atoms with Gasteiger partial charge in [-0.05, 0) is 32.6 Å². The third-order valence-electron chi connectivity index (χ3n) is 2.54. The van der Waals surface area contributed by atoms with Gasteiger partial charge in [-0.3, -0.25) is 4.79 Å². The summed E-state index contributed by atoms with van der Waals surface area (Å²) in [5.74, 6) is 0.669. The summed E-state index contributed by atoms with van der Waals surface area (Å²) in [7, 11) is 0. The van der Waals surface area contributed by atoms with Gasteiger partial charge in [0.15, 0.2) is 0 Å². The quantitative estimate of drug-likeness (QED) is 0.768. The van der Waals surface area contributed by atoms with E-state index in [0.29, 0.717) is 18.9 Å². The number of halogens is 1. The molecule has 0 aliphatic carbocycles. The molecule has 0 aromatic heterocycles. The molecule has 1 aliphatic heterocycles. The fraction of sp³-hybridized carbons (Fsp3) is 0.909. The van der Waals surface area contributed by atoms with E-state index in [9.17, 15) is 4.79 Å². The maximum atomic E-state index is 11.4. The van der Waals surface area contributed by atoms with Crippen molar-refractivity contribution in [2.75, 3.05) is 19.8 Å². The fourth-order valence-corrected chi connectivity index (χ4v) is 1.56. The Bertz CT molecular complexity index is 211. The Labute approximate surface area is 104 Å². The minimum absolute atomic E-state index is 0. The zero-order valence-corrected chi connectivity index (χ0v) is 10.9. The lowest BCUT2D eigenvalue weighted by molar-refractivity contribution is -0.121. The SMILES string of the molecule is CC(C)(N)CNC(=O)CCC1CCOC1.Cl. The summed E-state index contributed by atoms with van der Waals surface area (Å²) in [6.45, 7) is 6.00. The zero-order chi connectivity index (χ0) is 11.3. The molecule has 1 aliphatic rings. The maximum Gasteiger partial charge on any atom is 0.220 e. The maximum absolute atomic E-state index is 11.4. The third kappa shape index (κ3) is 7.04. The number of ether oxygens (including phenoxy) is 1. The zero-order valence-electron chi connectivity index (χ0n) is 10.1. The van der Waals surface area contributed by atoms with Crippen molar-refractivity contribution in [2.24, 2.45) is 11.7 Å².